The predicted octanol–water partition coefficient (Wildman–Crippen LogP) is 5.36. The van der Waals surface area contributed by atoms with Gasteiger partial charge in [0.05, 0.1) is 0 Å². The first-order valence-electron chi connectivity index (χ1n) is 11.5. The van der Waals surface area contributed by atoms with Crippen LogP contribution < -0.4 is 0 Å². The van der Waals surface area contributed by atoms with Crippen molar-refractivity contribution in [1.82, 2.24) is 4.90 Å². The molecule has 3 nitrogen and oxygen atoms in total. The Morgan fingerprint density at radius 1 is 1.24 bits per heavy atom. The second-order valence-electron chi connectivity index (χ2n) is 10.6. The Hall–Kier alpha value is -1.19. The molecule has 0 bridgehead atoms. The van der Waals surface area contributed by atoms with Crippen molar-refractivity contribution < 1.29 is 9.90 Å². The van der Waals surface area contributed by atoms with Gasteiger partial charge in [-0.15, -0.1) is 0 Å². The molecular formula is C26H43NO2. The van der Waals surface area contributed by atoms with Crippen LogP contribution in [0.2, 0.25) is 0 Å². The molecule has 0 heterocycles. The predicted molar refractivity (Wildman–Crippen MR) is 122 cm³/mol. The van der Waals surface area contributed by atoms with E-state index in [4.69, 9.17) is 0 Å². The van der Waals surface area contributed by atoms with Crippen molar-refractivity contribution in [3.05, 3.63) is 35.9 Å². The van der Waals surface area contributed by atoms with Crippen LogP contribution in [-0.2, 0) is 11.2 Å². The van der Waals surface area contributed by atoms with Crippen molar-refractivity contribution in [2.75, 3.05) is 13.6 Å². The lowest BCUT2D eigenvalue weighted by atomic mass is 9.69. The van der Waals surface area contributed by atoms with Gasteiger partial charge >= 0.3 is 0 Å². The maximum atomic E-state index is 11.4. The first-order chi connectivity index (χ1) is 13.6. The molecule has 0 spiro atoms. The Morgan fingerprint density at radius 3 is 2.45 bits per heavy atom. The zero-order valence-electron chi connectivity index (χ0n) is 19.5. The highest BCUT2D eigenvalue weighted by Crippen LogP contribution is 2.52. The lowest BCUT2D eigenvalue weighted by Crippen LogP contribution is -2.41. The lowest BCUT2D eigenvalue weighted by molar-refractivity contribution is -0.124. The zero-order chi connectivity index (χ0) is 21.7. The summed E-state index contributed by atoms with van der Waals surface area (Å²) in [6.07, 6.45) is 7.04. The van der Waals surface area contributed by atoms with Crippen LogP contribution in [0.3, 0.4) is 0 Å². The van der Waals surface area contributed by atoms with E-state index in [1.807, 2.05) is 6.07 Å². The number of aldehydes is 1. The number of nitrogens with zero attached hydrogens (tertiary/aromatic N) is 1. The molecule has 1 aliphatic carbocycles. The zero-order valence-corrected chi connectivity index (χ0v) is 19.5. The standard InChI is InChI=1S/C26H43NO2/c1-20(2)24-15-13-22(25(24,3)4)12-14-23(18-26(5,29)19-28)27(6)17-16-21-10-8-7-9-11-21/h7-11,19-20,22-24,29H,12-18H2,1-6H3. The highest BCUT2D eigenvalue weighted by molar-refractivity contribution is 5.61. The monoisotopic (exact) mass is 401 g/mol. The van der Waals surface area contributed by atoms with Crippen molar-refractivity contribution in [2.45, 2.75) is 84.8 Å². The summed E-state index contributed by atoms with van der Waals surface area (Å²) >= 11 is 0. The maximum absolute atomic E-state index is 11.4. The fourth-order valence-electron chi connectivity index (χ4n) is 5.67. The molecule has 1 aromatic carbocycles. The Balaban J connectivity index is 2.01. The quantitative estimate of drug-likeness (QED) is 0.508. The molecule has 0 saturated heterocycles. The van der Waals surface area contributed by atoms with Crippen LogP contribution in [0.25, 0.3) is 0 Å². The number of hydrogen-bond donors (Lipinski definition) is 1. The van der Waals surface area contributed by atoms with Crippen LogP contribution in [0.5, 0.6) is 0 Å². The lowest BCUT2D eigenvalue weighted by Gasteiger charge is -2.38. The molecule has 0 radical (unpaired) electrons. The molecule has 1 aromatic rings. The van der Waals surface area contributed by atoms with E-state index in [1.54, 1.807) is 6.92 Å². The van der Waals surface area contributed by atoms with Gasteiger partial charge in [0, 0.05) is 12.6 Å². The molecular weight excluding hydrogens is 358 g/mol. The summed E-state index contributed by atoms with van der Waals surface area (Å²) in [4.78, 5) is 13.7. The molecule has 3 heteroatoms. The van der Waals surface area contributed by atoms with Gasteiger partial charge < -0.3 is 14.8 Å². The highest BCUT2D eigenvalue weighted by atomic mass is 16.3. The van der Waals surface area contributed by atoms with Crippen LogP contribution in [0.1, 0.15) is 72.3 Å². The Labute approximate surface area is 178 Å². The van der Waals surface area contributed by atoms with E-state index >= 15 is 0 Å². The summed E-state index contributed by atoms with van der Waals surface area (Å²) in [7, 11) is 2.14. The first kappa shape index (κ1) is 24.1. The van der Waals surface area contributed by atoms with Crippen molar-refractivity contribution in [1.29, 1.82) is 0 Å². The van der Waals surface area contributed by atoms with Gasteiger partial charge in [-0.1, -0.05) is 58.0 Å². The Morgan fingerprint density at radius 2 is 1.90 bits per heavy atom. The van der Waals surface area contributed by atoms with Crippen molar-refractivity contribution in [3.8, 4) is 0 Å². The number of hydrogen-bond acceptors (Lipinski definition) is 3. The van der Waals surface area contributed by atoms with E-state index in [2.05, 4.69) is 63.9 Å². The van der Waals surface area contributed by atoms with Gasteiger partial charge in [0.1, 0.15) is 5.60 Å². The van der Waals surface area contributed by atoms with E-state index in [0.29, 0.717) is 18.1 Å². The van der Waals surface area contributed by atoms with E-state index in [1.165, 1.54) is 24.8 Å². The molecule has 4 unspecified atom stereocenters. The molecule has 1 aliphatic rings. The van der Waals surface area contributed by atoms with Crippen molar-refractivity contribution in [3.63, 3.8) is 0 Å². The molecule has 0 amide bonds. The Bertz CT molecular complexity index is 623. The normalized spacial score (nSPS) is 24.6. The number of carbonyl (C=O) groups excluding carboxylic acids is 1. The summed E-state index contributed by atoms with van der Waals surface area (Å²) in [5.74, 6) is 2.25. The third kappa shape index (κ3) is 6.65. The average Bonchev–Trinajstić information content (AvgIpc) is 2.98. The number of likely N-dealkylation sites (N-methyl/N-ethyl adjacent to an activating group) is 1. The number of aliphatic hydroxyl groups is 1. The molecule has 0 aliphatic heterocycles. The highest BCUT2D eigenvalue weighted by Gasteiger charge is 2.44. The molecule has 2 rings (SSSR count). The largest absolute Gasteiger partial charge is 0.383 e. The van der Waals surface area contributed by atoms with E-state index in [0.717, 1.165) is 37.1 Å². The third-order valence-corrected chi connectivity index (χ3v) is 7.61. The molecule has 1 fully saturated rings. The summed E-state index contributed by atoms with van der Waals surface area (Å²) in [5.41, 5.74) is 0.447. The summed E-state index contributed by atoms with van der Waals surface area (Å²) in [6, 6.07) is 10.8. The summed E-state index contributed by atoms with van der Waals surface area (Å²) in [5, 5.41) is 10.4. The van der Waals surface area contributed by atoms with Gasteiger partial charge in [-0.25, -0.2) is 0 Å². The number of rotatable bonds is 11. The van der Waals surface area contributed by atoms with E-state index in [9.17, 15) is 9.90 Å². The fourth-order valence-corrected chi connectivity index (χ4v) is 5.67. The van der Waals surface area contributed by atoms with Crippen molar-refractivity contribution in [2.24, 2.45) is 23.2 Å². The minimum absolute atomic E-state index is 0.216. The summed E-state index contributed by atoms with van der Waals surface area (Å²) in [6.45, 7) is 12.2. The van der Waals surface area contributed by atoms with Crippen LogP contribution in [-0.4, -0.2) is 41.5 Å². The van der Waals surface area contributed by atoms with Crippen molar-refractivity contribution >= 4 is 6.29 Å². The fraction of sp³-hybridized carbons (Fsp3) is 0.731. The molecule has 1 N–H and O–H groups in total. The molecule has 4 atom stereocenters. The van der Waals surface area contributed by atoms with Crippen LogP contribution in [0, 0.1) is 23.2 Å². The van der Waals surface area contributed by atoms with Crippen LogP contribution in [0.4, 0.5) is 0 Å². The van der Waals surface area contributed by atoms with E-state index in [-0.39, 0.29) is 6.04 Å². The van der Waals surface area contributed by atoms with Gasteiger partial charge in [0.2, 0.25) is 0 Å². The second kappa shape index (κ2) is 10.2. The average molecular weight is 402 g/mol. The Kier molecular flexibility index (Phi) is 8.48. The van der Waals surface area contributed by atoms with Crippen LogP contribution in [0.15, 0.2) is 30.3 Å². The maximum Gasteiger partial charge on any atom is 0.151 e. The molecule has 164 valence electrons. The number of benzene rings is 1. The van der Waals surface area contributed by atoms with Gasteiger partial charge in [-0.3, -0.25) is 0 Å². The molecule has 29 heavy (non-hydrogen) atoms. The van der Waals surface area contributed by atoms with Gasteiger partial charge in [-0.2, -0.15) is 0 Å². The minimum Gasteiger partial charge on any atom is -0.383 e. The van der Waals surface area contributed by atoms with Gasteiger partial charge in [-0.05, 0) is 81.2 Å². The first-order valence-corrected chi connectivity index (χ1v) is 11.5. The van der Waals surface area contributed by atoms with E-state index < -0.39 is 5.60 Å². The molecule has 0 aromatic heterocycles. The van der Waals surface area contributed by atoms with Crippen LogP contribution >= 0.6 is 0 Å². The third-order valence-electron chi connectivity index (χ3n) is 7.61. The topological polar surface area (TPSA) is 40.5 Å². The minimum atomic E-state index is -1.25. The number of carbonyl (C=O) groups is 1. The summed E-state index contributed by atoms with van der Waals surface area (Å²) < 4.78 is 0. The van der Waals surface area contributed by atoms with Gasteiger partial charge in [0.25, 0.3) is 0 Å². The smallest absolute Gasteiger partial charge is 0.151 e. The SMILES string of the molecule is CC(C)C1CCC(CCC(CC(C)(O)C=O)N(C)CCc2ccccc2)C1(C)C. The van der Waals surface area contributed by atoms with Gasteiger partial charge in [0.15, 0.2) is 6.29 Å². The second-order valence-corrected chi connectivity index (χ2v) is 10.6. The molecule has 1 saturated carbocycles.